The van der Waals surface area contributed by atoms with Crippen LogP contribution in [0.3, 0.4) is 0 Å². The first-order chi connectivity index (χ1) is 9.65. The Kier molecular flexibility index (Phi) is 3.76. The summed E-state index contributed by atoms with van der Waals surface area (Å²) in [5.74, 6) is -0.513. The third kappa shape index (κ3) is 2.86. The zero-order valence-electron chi connectivity index (χ0n) is 10.8. The van der Waals surface area contributed by atoms with Gasteiger partial charge in [-0.1, -0.05) is 11.6 Å². The number of halogens is 2. The fourth-order valence-corrected chi connectivity index (χ4v) is 2.36. The lowest BCUT2D eigenvalue weighted by Gasteiger charge is -2.35. The Balaban J connectivity index is 1.81. The molecule has 7 heteroatoms. The summed E-state index contributed by atoms with van der Waals surface area (Å²) in [6, 6.07) is 0.914. The summed E-state index contributed by atoms with van der Waals surface area (Å²) in [6.45, 7) is 1.10. The molecular weight excluding hydrogens is 285 g/mol. The van der Waals surface area contributed by atoms with E-state index in [1.165, 1.54) is 12.3 Å². The van der Waals surface area contributed by atoms with Crippen LogP contribution in [0.4, 0.5) is 10.2 Å². The number of nitrogens with zero attached hydrogens (tertiary/aromatic N) is 2. The molecule has 0 spiro atoms. The van der Waals surface area contributed by atoms with Crippen molar-refractivity contribution in [3.63, 3.8) is 0 Å². The van der Waals surface area contributed by atoms with Crippen LogP contribution in [-0.2, 0) is 9.53 Å². The van der Waals surface area contributed by atoms with E-state index in [0.29, 0.717) is 13.2 Å². The van der Waals surface area contributed by atoms with Crippen LogP contribution in [0.2, 0.25) is 5.02 Å². The average molecular weight is 300 g/mol. The molecule has 0 aromatic carbocycles. The normalized spacial score (nSPS) is 22.7. The molecule has 2 fully saturated rings. The van der Waals surface area contributed by atoms with Gasteiger partial charge in [-0.05, 0) is 18.9 Å². The second kappa shape index (κ2) is 5.54. The van der Waals surface area contributed by atoms with Crippen LogP contribution in [-0.4, -0.2) is 42.7 Å². The number of amides is 1. The Hall–Kier alpha value is -1.40. The van der Waals surface area contributed by atoms with Crippen LogP contribution in [0.15, 0.2) is 12.3 Å². The highest BCUT2D eigenvalue weighted by Crippen LogP contribution is 2.24. The largest absolute Gasteiger partial charge is 0.377 e. The zero-order valence-corrected chi connectivity index (χ0v) is 11.6. The smallest absolute Gasteiger partial charge is 0.245 e. The number of carbonyl (C=O) groups excluding carboxylic acids is 1. The minimum Gasteiger partial charge on any atom is -0.377 e. The highest BCUT2D eigenvalue weighted by molar-refractivity contribution is 6.30. The summed E-state index contributed by atoms with van der Waals surface area (Å²) < 4.78 is 19.3. The van der Waals surface area contributed by atoms with Crippen molar-refractivity contribution in [2.24, 2.45) is 0 Å². The molecule has 1 unspecified atom stereocenters. The first-order valence-corrected chi connectivity index (χ1v) is 6.99. The van der Waals surface area contributed by atoms with Crippen LogP contribution in [0.25, 0.3) is 0 Å². The standard InChI is InChI=1S/C13H15ClFN3O2/c14-8-5-10(15)12(16-6-8)18-3-4-20-7-11(18)13(19)17-9-1-2-9/h5-6,9,11H,1-4,7H2,(H,17,19). The maximum Gasteiger partial charge on any atom is 0.245 e. The molecule has 1 aliphatic carbocycles. The third-order valence-corrected chi connectivity index (χ3v) is 3.62. The molecule has 1 aromatic heterocycles. The molecule has 108 valence electrons. The van der Waals surface area contributed by atoms with Crippen molar-refractivity contribution in [1.82, 2.24) is 10.3 Å². The first-order valence-electron chi connectivity index (χ1n) is 6.61. The summed E-state index contributed by atoms with van der Waals surface area (Å²) >= 11 is 5.71. The highest BCUT2D eigenvalue weighted by Gasteiger charge is 2.34. The van der Waals surface area contributed by atoms with Gasteiger partial charge in [0.2, 0.25) is 5.91 Å². The average Bonchev–Trinajstić information content (AvgIpc) is 3.23. The minimum absolute atomic E-state index is 0.136. The van der Waals surface area contributed by atoms with Gasteiger partial charge in [0.25, 0.3) is 0 Å². The predicted molar refractivity (Wildman–Crippen MR) is 72.3 cm³/mol. The Labute approximate surface area is 121 Å². The van der Waals surface area contributed by atoms with E-state index in [9.17, 15) is 9.18 Å². The molecular formula is C13H15ClFN3O2. The molecule has 1 saturated carbocycles. The van der Waals surface area contributed by atoms with Gasteiger partial charge in [0.05, 0.1) is 18.2 Å². The summed E-state index contributed by atoms with van der Waals surface area (Å²) in [5.41, 5.74) is 0. The number of hydrogen-bond acceptors (Lipinski definition) is 4. The number of anilines is 1. The molecule has 5 nitrogen and oxygen atoms in total. The topological polar surface area (TPSA) is 54.5 Å². The Morgan fingerprint density at radius 1 is 1.55 bits per heavy atom. The Morgan fingerprint density at radius 3 is 3.05 bits per heavy atom. The molecule has 1 saturated heterocycles. The maximum absolute atomic E-state index is 14.0. The van der Waals surface area contributed by atoms with Crippen molar-refractivity contribution in [3.05, 3.63) is 23.1 Å². The SMILES string of the molecule is O=C(NC1CC1)C1COCCN1c1ncc(Cl)cc1F. The third-order valence-electron chi connectivity index (χ3n) is 3.42. The number of hydrogen-bond donors (Lipinski definition) is 1. The van der Waals surface area contributed by atoms with E-state index in [0.717, 1.165) is 12.8 Å². The zero-order chi connectivity index (χ0) is 14.1. The number of pyridine rings is 1. The predicted octanol–water partition coefficient (Wildman–Crippen LogP) is 1.36. The summed E-state index contributed by atoms with van der Waals surface area (Å²) in [4.78, 5) is 17.9. The Bertz CT molecular complexity index is 524. The van der Waals surface area contributed by atoms with Crippen molar-refractivity contribution in [2.75, 3.05) is 24.7 Å². The van der Waals surface area contributed by atoms with Crippen LogP contribution in [0.5, 0.6) is 0 Å². The van der Waals surface area contributed by atoms with E-state index in [-0.39, 0.29) is 29.4 Å². The van der Waals surface area contributed by atoms with Crippen LogP contribution >= 0.6 is 11.6 Å². The van der Waals surface area contributed by atoms with Crippen LogP contribution < -0.4 is 10.2 Å². The second-order valence-electron chi connectivity index (χ2n) is 5.03. The van der Waals surface area contributed by atoms with E-state index in [1.807, 2.05) is 0 Å². The van der Waals surface area contributed by atoms with Crippen molar-refractivity contribution in [1.29, 1.82) is 0 Å². The van der Waals surface area contributed by atoms with E-state index < -0.39 is 11.9 Å². The molecule has 0 radical (unpaired) electrons. The number of rotatable bonds is 3. The number of aromatic nitrogens is 1. The van der Waals surface area contributed by atoms with E-state index >= 15 is 0 Å². The number of ether oxygens (including phenoxy) is 1. The van der Waals surface area contributed by atoms with E-state index in [1.54, 1.807) is 4.90 Å². The van der Waals surface area contributed by atoms with Crippen molar-refractivity contribution in [2.45, 2.75) is 24.9 Å². The monoisotopic (exact) mass is 299 g/mol. The van der Waals surface area contributed by atoms with Gasteiger partial charge in [-0.3, -0.25) is 4.79 Å². The second-order valence-corrected chi connectivity index (χ2v) is 5.46. The van der Waals surface area contributed by atoms with Gasteiger partial charge in [0, 0.05) is 18.8 Å². The fraction of sp³-hybridized carbons (Fsp3) is 0.538. The fourth-order valence-electron chi connectivity index (χ4n) is 2.22. The van der Waals surface area contributed by atoms with Gasteiger partial charge in [0.1, 0.15) is 6.04 Å². The van der Waals surface area contributed by atoms with Crippen LogP contribution in [0.1, 0.15) is 12.8 Å². The molecule has 2 heterocycles. The van der Waals surface area contributed by atoms with Crippen LogP contribution in [0, 0.1) is 5.82 Å². The number of nitrogens with one attached hydrogen (secondary N) is 1. The quantitative estimate of drug-likeness (QED) is 0.915. The van der Waals surface area contributed by atoms with Gasteiger partial charge in [0.15, 0.2) is 11.6 Å². The lowest BCUT2D eigenvalue weighted by atomic mass is 10.2. The molecule has 1 aliphatic heterocycles. The molecule has 2 aliphatic rings. The Morgan fingerprint density at radius 2 is 2.35 bits per heavy atom. The van der Waals surface area contributed by atoms with E-state index in [4.69, 9.17) is 16.3 Å². The lowest BCUT2D eigenvalue weighted by molar-refractivity contribution is -0.124. The van der Waals surface area contributed by atoms with Gasteiger partial charge < -0.3 is 15.0 Å². The van der Waals surface area contributed by atoms with Gasteiger partial charge in [-0.25, -0.2) is 9.37 Å². The first kappa shape index (κ1) is 13.6. The maximum atomic E-state index is 14.0. The minimum atomic E-state index is -0.549. The van der Waals surface area contributed by atoms with E-state index in [2.05, 4.69) is 10.3 Å². The summed E-state index contributed by atoms with van der Waals surface area (Å²) in [5, 5.41) is 3.15. The van der Waals surface area contributed by atoms with Gasteiger partial charge >= 0.3 is 0 Å². The molecule has 1 N–H and O–H groups in total. The molecule has 20 heavy (non-hydrogen) atoms. The highest BCUT2D eigenvalue weighted by atomic mass is 35.5. The molecule has 1 amide bonds. The summed E-state index contributed by atoms with van der Waals surface area (Å²) in [7, 11) is 0. The van der Waals surface area contributed by atoms with Gasteiger partial charge in [-0.2, -0.15) is 0 Å². The van der Waals surface area contributed by atoms with Crippen molar-refractivity contribution < 1.29 is 13.9 Å². The molecule has 0 bridgehead atoms. The summed E-state index contributed by atoms with van der Waals surface area (Å²) in [6.07, 6.45) is 3.39. The van der Waals surface area contributed by atoms with Crippen molar-refractivity contribution >= 4 is 23.3 Å². The molecule has 1 aromatic rings. The number of morpholine rings is 1. The lowest BCUT2D eigenvalue weighted by Crippen LogP contribution is -2.55. The molecule has 1 atom stereocenters. The van der Waals surface area contributed by atoms with Gasteiger partial charge in [-0.15, -0.1) is 0 Å². The molecule has 3 rings (SSSR count). The number of carbonyl (C=O) groups is 1. The van der Waals surface area contributed by atoms with Crippen molar-refractivity contribution in [3.8, 4) is 0 Å².